The van der Waals surface area contributed by atoms with Crippen LogP contribution >= 0.6 is 0 Å². The lowest BCUT2D eigenvalue weighted by Crippen LogP contribution is -2.15. The summed E-state index contributed by atoms with van der Waals surface area (Å²) in [4.78, 5) is 17.9. The lowest BCUT2D eigenvalue weighted by Gasteiger charge is -2.14. The van der Waals surface area contributed by atoms with Gasteiger partial charge in [0.1, 0.15) is 18.6 Å². The molecule has 5 nitrogen and oxygen atoms in total. The average Bonchev–Trinajstić information content (AvgIpc) is 2.47. The van der Waals surface area contributed by atoms with Crippen molar-refractivity contribution in [2.24, 2.45) is 0 Å². The Kier molecular flexibility index (Phi) is 2.75. The van der Waals surface area contributed by atoms with Crippen molar-refractivity contribution in [2.75, 3.05) is 14.2 Å². The van der Waals surface area contributed by atoms with E-state index in [0.717, 1.165) is 0 Å². The van der Waals surface area contributed by atoms with Gasteiger partial charge in [0.2, 0.25) is 5.43 Å². The molecule has 0 unspecified atom stereocenters. The van der Waals surface area contributed by atoms with Gasteiger partial charge in [-0.15, -0.1) is 0 Å². The third kappa shape index (κ3) is 1.60. The number of rotatable bonds is 2. The van der Waals surface area contributed by atoms with Crippen LogP contribution in [0.4, 0.5) is 0 Å². The Morgan fingerprint density at radius 3 is 2.55 bits per heavy atom. The summed E-state index contributed by atoms with van der Waals surface area (Å²) in [5.74, 6) is 0.330. The van der Waals surface area contributed by atoms with E-state index >= 15 is 0 Å². The molecule has 102 valence electrons. The molecule has 0 aliphatic rings. The first-order chi connectivity index (χ1) is 9.67. The third-order valence-electron chi connectivity index (χ3n) is 3.30. The number of para-hydroxylation sites is 1. The van der Waals surface area contributed by atoms with Crippen LogP contribution in [0.1, 0.15) is 0 Å². The maximum absolute atomic E-state index is 12.5. The van der Waals surface area contributed by atoms with Gasteiger partial charge in [0.05, 0.1) is 23.5 Å². The molecule has 3 aromatic rings. The number of ether oxygens (including phenoxy) is 1. The predicted molar refractivity (Wildman–Crippen MR) is 76.4 cm³/mol. The lowest BCUT2D eigenvalue weighted by molar-refractivity contribution is 0.189. The molecule has 0 amide bonds. The van der Waals surface area contributed by atoms with E-state index in [0.29, 0.717) is 22.2 Å². The zero-order valence-corrected chi connectivity index (χ0v) is 11.1. The van der Waals surface area contributed by atoms with Gasteiger partial charge >= 0.3 is 0 Å². The maximum atomic E-state index is 12.5. The van der Waals surface area contributed by atoms with Crippen molar-refractivity contribution in [2.45, 2.75) is 0 Å². The van der Waals surface area contributed by atoms with E-state index in [1.807, 2.05) is 6.07 Å². The first-order valence-electron chi connectivity index (χ1n) is 6.06. The third-order valence-corrected chi connectivity index (χ3v) is 3.30. The minimum absolute atomic E-state index is 0.124. The van der Waals surface area contributed by atoms with Crippen molar-refractivity contribution in [3.63, 3.8) is 0 Å². The molecule has 1 aromatic heterocycles. The second-order valence-electron chi connectivity index (χ2n) is 4.36. The van der Waals surface area contributed by atoms with Crippen molar-refractivity contribution < 1.29 is 14.7 Å². The number of fused-ring (bicyclic) bond motifs is 2. The second kappa shape index (κ2) is 4.45. The highest BCUT2D eigenvalue weighted by atomic mass is 16.6. The van der Waals surface area contributed by atoms with Crippen LogP contribution in [0.2, 0.25) is 0 Å². The quantitative estimate of drug-likeness (QED) is 0.723. The topological polar surface area (TPSA) is 60.7 Å². The number of phenolic OH excluding ortho intramolecular Hbond substituents is 1. The number of aromatic hydroxyl groups is 1. The molecule has 0 fully saturated rings. The van der Waals surface area contributed by atoms with Gasteiger partial charge in [-0.3, -0.25) is 4.79 Å². The highest BCUT2D eigenvalue weighted by molar-refractivity contribution is 5.96. The summed E-state index contributed by atoms with van der Waals surface area (Å²) in [5.41, 5.74) is 0.872. The molecule has 20 heavy (non-hydrogen) atoms. The molecule has 1 heterocycles. The van der Waals surface area contributed by atoms with Crippen LogP contribution in [0, 0.1) is 0 Å². The number of pyridine rings is 1. The number of methoxy groups -OCH3 is 1. The Labute approximate surface area is 114 Å². The summed E-state index contributed by atoms with van der Waals surface area (Å²) >= 11 is 0. The highest BCUT2D eigenvalue weighted by Gasteiger charge is 2.15. The summed E-state index contributed by atoms with van der Waals surface area (Å²) < 4.78 is 6.63. The van der Waals surface area contributed by atoms with Gasteiger partial charge in [-0.25, -0.2) is 0 Å². The Morgan fingerprint density at radius 2 is 1.85 bits per heavy atom. The number of benzene rings is 2. The van der Waals surface area contributed by atoms with E-state index in [1.165, 1.54) is 25.0 Å². The van der Waals surface area contributed by atoms with Gasteiger partial charge in [0.25, 0.3) is 0 Å². The molecule has 0 aliphatic carbocycles. The van der Waals surface area contributed by atoms with Gasteiger partial charge in [-0.2, -0.15) is 4.73 Å². The summed E-state index contributed by atoms with van der Waals surface area (Å²) in [7, 11) is 3.00. The van der Waals surface area contributed by atoms with Gasteiger partial charge in [-0.05, 0) is 12.1 Å². The van der Waals surface area contributed by atoms with Gasteiger partial charge in [0, 0.05) is 17.5 Å². The van der Waals surface area contributed by atoms with E-state index < -0.39 is 0 Å². The first-order valence-corrected chi connectivity index (χ1v) is 6.06. The summed E-state index contributed by atoms with van der Waals surface area (Å²) in [5, 5.41) is 10.8. The molecule has 0 atom stereocenters. The van der Waals surface area contributed by atoms with Crippen molar-refractivity contribution in [1.82, 2.24) is 4.73 Å². The van der Waals surface area contributed by atoms with Crippen molar-refractivity contribution >= 4 is 21.8 Å². The molecule has 0 bridgehead atoms. The van der Waals surface area contributed by atoms with E-state index in [9.17, 15) is 9.90 Å². The zero-order chi connectivity index (χ0) is 14.3. The molecule has 0 saturated heterocycles. The molecule has 3 rings (SSSR count). The van der Waals surface area contributed by atoms with Crippen LogP contribution in [0.25, 0.3) is 21.8 Å². The van der Waals surface area contributed by atoms with E-state index in [4.69, 9.17) is 9.57 Å². The van der Waals surface area contributed by atoms with Crippen molar-refractivity contribution in [1.29, 1.82) is 0 Å². The number of hydrogen-bond donors (Lipinski definition) is 1. The van der Waals surface area contributed by atoms with Crippen molar-refractivity contribution in [3.05, 3.63) is 46.6 Å². The number of hydrogen-bond acceptors (Lipinski definition) is 4. The summed E-state index contributed by atoms with van der Waals surface area (Å²) in [6.45, 7) is 0. The Hall–Kier alpha value is -2.69. The van der Waals surface area contributed by atoms with Crippen LogP contribution in [0.3, 0.4) is 0 Å². The van der Waals surface area contributed by atoms with Gasteiger partial charge in [0.15, 0.2) is 0 Å². The fraction of sp³-hybridized carbons (Fsp3) is 0.133. The van der Waals surface area contributed by atoms with E-state index in [1.54, 1.807) is 24.3 Å². The molecule has 0 radical (unpaired) electrons. The standard InChI is InChI=1S/C15H13NO4/c1-19-9-7-12-14(13(17)8-9)15(18)10-5-3-4-6-11(10)16(12)20-2/h3-8,17H,1-2H3. The Balaban J connectivity index is 2.64. The summed E-state index contributed by atoms with van der Waals surface area (Å²) in [6, 6.07) is 10.2. The minimum Gasteiger partial charge on any atom is -0.507 e. The molecule has 0 aliphatic heterocycles. The Bertz CT molecular complexity index is 867. The molecular weight excluding hydrogens is 258 g/mol. The first kappa shape index (κ1) is 12.3. The van der Waals surface area contributed by atoms with Crippen LogP contribution in [0.15, 0.2) is 41.2 Å². The minimum atomic E-state index is -0.232. The van der Waals surface area contributed by atoms with Crippen LogP contribution in [-0.2, 0) is 0 Å². The zero-order valence-electron chi connectivity index (χ0n) is 11.1. The normalized spacial score (nSPS) is 10.9. The molecular formula is C15H13NO4. The predicted octanol–water partition coefficient (Wildman–Crippen LogP) is 1.93. The lowest BCUT2D eigenvalue weighted by atomic mass is 10.1. The highest BCUT2D eigenvalue weighted by Crippen LogP contribution is 2.29. The molecule has 1 N–H and O–H groups in total. The number of aromatic nitrogens is 1. The molecule has 5 heteroatoms. The SMILES string of the molecule is COc1cc(O)c2c(=O)c3ccccc3n(OC)c2c1. The monoisotopic (exact) mass is 271 g/mol. The van der Waals surface area contributed by atoms with Crippen LogP contribution in [-0.4, -0.2) is 24.1 Å². The van der Waals surface area contributed by atoms with E-state index in [2.05, 4.69) is 0 Å². The van der Waals surface area contributed by atoms with Crippen molar-refractivity contribution in [3.8, 4) is 11.5 Å². The van der Waals surface area contributed by atoms with Gasteiger partial charge in [-0.1, -0.05) is 12.1 Å². The fourth-order valence-electron chi connectivity index (χ4n) is 2.40. The molecule has 0 spiro atoms. The van der Waals surface area contributed by atoms with Crippen LogP contribution in [0.5, 0.6) is 11.5 Å². The fourth-order valence-corrected chi connectivity index (χ4v) is 2.40. The summed E-state index contributed by atoms with van der Waals surface area (Å²) in [6.07, 6.45) is 0. The number of nitrogens with zero attached hydrogens (tertiary/aromatic N) is 1. The number of phenols is 1. The second-order valence-corrected chi connectivity index (χ2v) is 4.36. The van der Waals surface area contributed by atoms with Crippen LogP contribution < -0.4 is 15.0 Å². The van der Waals surface area contributed by atoms with E-state index in [-0.39, 0.29) is 16.6 Å². The Morgan fingerprint density at radius 1 is 1.10 bits per heavy atom. The smallest absolute Gasteiger partial charge is 0.201 e. The molecule has 2 aromatic carbocycles. The largest absolute Gasteiger partial charge is 0.507 e. The molecule has 0 saturated carbocycles. The van der Waals surface area contributed by atoms with Gasteiger partial charge < -0.3 is 14.7 Å². The maximum Gasteiger partial charge on any atom is 0.201 e. The average molecular weight is 271 g/mol.